The summed E-state index contributed by atoms with van der Waals surface area (Å²) in [7, 11) is 1.54. The van der Waals surface area contributed by atoms with Gasteiger partial charge in [0.1, 0.15) is 5.60 Å². The Hall–Kier alpha value is -2.25. The van der Waals surface area contributed by atoms with Crippen molar-refractivity contribution in [3.63, 3.8) is 0 Å². The molecule has 2 N–H and O–H groups in total. The number of carbonyl (C=O) groups excluding carboxylic acids is 2. The Morgan fingerprint density at radius 3 is 2.67 bits per heavy atom. The lowest BCUT2D eigenvalue weighted by Gasteiger charge is -2.30. The molecule has 2 heterocycles. The zero-order chi connectivity index (χ0) is 15.6. The third-order valence-electron chi connectivity index (χ3n) is 2.92. The van der Waals surface area contributed by atoms with Crippen LogP contribution in [0, 0.1) is 0 Å². The van der Waals surface area contributed by atoms with Gasteiger partial charge in [-0.1, -0.05) is 0 Å². The Bertz CT molecular complexity index is 546. The van der Waals surface area contributed by atoms with Crippen molar-refractivity contribution in [2.45, 2.75) is 39.5 Å². The molecule has 21 heavy (non-hydrogen) atoms. The number of fused-ring (bicyclic) bond motifs is 1. The Kier molecular flexibility index (Phi) is 4.06. The minimum atomic E-state index is -0.513. The lowest BCUT2D eigenvalue weighted by atomic mass is 10.2. The highest BCUT2D eigenvalue weighted by molar-refractivity contribution is 5.87. The van der Waals surface area contributed by atoms with Crippen molar-refractivity contribution in [2.24, 2.45) is 0 Å². The number of carbonyl (C=O) groups is 2. The molecule has 0 saturated carbocycles. The fourth-order valence-electron chi connectivity index (χ4n) is 1.99. The van der Waals surface area contributed by atoms with E-state index in [1.807, 2.05) is 20.8 Å². The van der Waals surface area contributed by atoms with Gasteiger partial charge in [0.05, 0.1) is 18.8 Å². The smallest absolute Gasteiger partial charge is 0.410 e. The summed E-state index contributed by atoms with van der Waals surface area (Å²) in [6.45, 7) is 7.03. The Morgan fingerprint density at radius 1 is 1.33 bits per heavy atom. The first kappa shape index (κ1) is 15.1. The fourth-order valence-corrected chi connectivity index (χ4v) is 1.99. The van der Waals surface area contributed by atoms with Gasteiger partial charge in [-0.05, 0) is 20.8 Å². The predicted molar refractivity (Wildman–Crippen MR) is 76.9 cm³/mol. The van der Waals surface area contributed by atoms with Crippen LogP contribution in [0.4, 0.5) is 15.4 Å². The Balaban J connectivity index is 2.03. The van der Waals surface area contributed by atoms with E-state index in [2.05, 4.69) is 15.7 Å². The molecule has 3 amide bonds. The number of urea groups is 1. The molecule has 0 saturated heterocycles. The number of rotatable bonds is 1. The molecule has 1 aromatic rings. The van der Waals surface area contributed by atoms with Crippen LogP contribution in [0.2, 0.25) is 0 Å². The van der Waals surface area contributed by atoms with E-state index in [-0.39, 0.29) is 12.1 Å². The van der Waals surface area contributed by atoms with Crippen molar-refractivity contribution in [3.05, 3.63) is 11.8 Å². The van der Waals surface area contributed by atoms with Gasteiger partial charge < -0.3 is 15.0 Å². The van der Waals surface area contributed by atoms with Gasteiger partial charge in [0.25, 0.3) is 0 Å². The van der Waals surface area contributed by atoms with Gasteiger partial charge in [0.15, 0.2) is 5.82 Å². The monoisotopic (exact) mass is 295 g/mol. The zero-order valence-corrected chi connectivity index (χ0v) is 12.8. The van der Waals surface area contributed by atoms with Crippen LogP contribution in [-0.4, -0.2) is 46.0 Å². The van der Waals surface area contributed by atoms with Crippen LogP contribution in [0.5, 0.6) is 0 Å². The highest BCUT2D eigenvalue weighted by atomic mass is 16.6. The molecule has 0 atom stereocenters. The number of hydrogen-bond acceptors (Lipinski definition) is 4. The molecule has 0 radical (unpaired) electrons. The summed E-state index contributed by atoms with van der Waals surface area (Å²) in [5.41, 5.74) is 0.347. The first-order valence-electron chi connectivity index (χ1n) is 6.82. The molecule has 2 rings (SSSR count). The molecule has 0 bridgehead atoms. The Labute approximate surface area is 123 Å². The van der Waals surface area contributed by atoms with E-state index in [9.17, 15) is 9.59 Å². The second-order valence-corrected chi connectivity index (χ2v) is 5.85. The standard InChI is InChI=1S/C13H21N5O3/c1-13(2,3)21-12(20)17-5-6-18-9(8-17)7-10(16-18)15-11(19)14-4/h7H,5-6,8H2,1-4H3,(H2,14,15,16,19). The molecule has 0 spiro atoms. The molecule has 8 nitrogen and oxygen atoms in total. The van der Waals surface area contributed by atoms with Gasteiger partial charge in [0, 0.05) is 19.7 Å². The van der Waals surface area contributed by atoms with Gasteiger partial charge in [-0.25, -0.2) is 9.59 Å². The number of nitrogens with zero attached hydrogens (tertiary/aromatic N) is 3. The van der Waals surface area contributed by atoms with Crippen molar-refractivity contribution in [1.82, 2.24) is 20.0 Å². The number of anilines is 1. The first-order chi connectivity index (χ1) is 9.78. The molecule has 0 aliphatic carbocycles. The van der Waals surface area contributed by atoms with E-state index in [1.54, 1.807) is 15.6 Å². The van der Waals surface area contributed by atoms with Crippen molar-refractivity contribution in [3.8, 4) is 0 Å². The summed E-state index contributed by atoms with van der Waals surface area (Å²) in [5.74, 6) is 0.468. The number of amides is 3. The van der Waals surface area contributed by atoms with Crippen molar-refractivity contribution in [2.75, 3.05) is 18.9 Å². The SMILES string of the molecule is CNC(=O)Nc1cc2n(n1)CCN(C(=O)OC(C)(C)C)C2. The van der Waals surface area contributed by atoms with Crippen LogP contribution < -0.4 is 10.6 Å². The molecule has 8 heteroatoms. The third-order valence-corrected chi connectivity index (χ3v) is 2.92. The highest BCUT2D eigenvalue weighted by Crippen LogP contribution is 2.19. The van der Waals surface area contributed by atoms with Crippen LogP contribution in [0.3, 0.4) is 0 Å². The van der Waals surface area contributed by atoms with Crippen molar-refractivity contribution < 1.29 is 14.3 Å². The van der Waals surface area contributed by atoms with E-state index < -0.39 is 5.60 Å². The second kappa shape index (κ2) is 5.63. The van der Waals surface area contributed by atoms with Crippen LogP contribution in [0.15, 0.2) is 6.07 Å². The zero-order valence-electron chi connectivity index (χ0n) is 12.8. The third kappa shape index (κ3) is 3.87. The molecule has 0 unspecified atom stereocenters. The van der Waals surface area contributed by atoms with Crippen LogP contribution in [0.25, 0.3) is 0 Å². The number of hydrogen-bond donors (Lipinski definition) is 2. The van der Waals surface area contributed by atoms with Crippen LogP contribution in [0.1, 0.15) is 26.5 Å². The minimum absolute atomic E-state index is 0.325. The Morgan fingerprint density at radius 2 is 2.05 bits per heavy atom. The number of ether oxygens (including phenoxy) is 1. The lowest BCUT2D eigenvalue weighted by molar-refractivity contribution is 0.0194. The van der Waals surface area contributed by atoms with Crippen molar-refractivity contribution in [1.29, 1.82) is 0 Å². The van der Waals surface area contributed by atoms with E-state index in [4.69, 9.17) is 4.74 Å². The largest absolute Gasteiger partial charge is 0.444 e. The molecular formula is C13H21N5O3. The summed E-state index contributed by atoms with van der Waals surface area (Å²) >= 11 is 0. The van der Waals surface area contributed by atoms with E-state index >= 15 is 0 Å². The summed E-state index contributed by atoms with van der Waals surface area (Å²) in [6, 6.07) is 1.43. The predicted octanol–water partition coefficient (Wildman–Crippen LogP) is 1.39. The van der Waals surface area contributed by atoms with E-state index in [1.165, 1.54) is 7.05 Å². The quantitative estimate of drug-likeness (QED) is 0.819. The summed E-state index contributed by atoms with van der Waals surface area (Å²) < 4.78 is 7.14. The second-order valence-electron chi connectivity index (χ2n) is 5.85. The van der Waals surface area contributed by atoms with E-state index in [0.29, 0.717) is 25.5 Å². The maximum Gasteiger partial charge on any atom is 0.410 e. The summed E-state index contributed by atoms with van der Waals surface area (Å²) in [5, 5.41) is 9.35. The maximum absolute atomic E-state index is 12.0. The minimum Gasteiger partial charge on any atom is -0.444 e. The topological polar surface area (TPSA) is 88.5 Å². The van der Waals surface area contributed by atoms with Crippen LogP contribution >= 0.6 is 0 Å². The summed E-state index contributed by atoms with van der Waals surface area (Å²) in [4.78, 5) is 24.9. The molecule has 0 aromatic carbocycles. The number of nitrogens with one attached hydrogen (secondary N) is 2. The van der Waals surface area contributed by atoms with Gasteiger partial charge in [-0.3, -0.25) is 10.00 Å². The molecule has 116 valence electrons. The lowest BCUT2D eigenvalue weighted by Crippen LogP contribution is -2.41. The van der Waals surface area contributed by atoms with E-state index in [0.717, 1.165) is 5.69 Å². The van der Waals surface area contributed by atoms with Gasteiger partial charge in [0.2, 0.25) is 0 Å². The highest BCUT2D eigenvalue weighted by Gasteiger charge is 2.26. The average molecular weight is 295 g/mol. The maximum atomic E-state index is 12.0. The summed E-state index contributed by atoms with van der Waals surface area (Å²) in [6.07, 6.45) is -0.337. The van der Waals surface area contributed by atoms with Crippen LogP contribution in [-0.2, 0) is 17.8 Å². The van der Waals surface area contributed by atoms with Gasteiger partial charge in [-0.2, -0.15) is 5.10 Å². The molecule has 1 aromatic heterocycles. The fraction of sp³-hybridized carbons (Fsp3) is 0.615. The molecule has 1 aliphatic rings. The normalized spacial score (nSPS) is 14.4. The average Bonchev–Trinajstić information content (AvgIpc) is 2.77. The van der Waals surface area contributed by atoms with Gasteiger partial charge in [-0.15, -0.1) is 0 Å². The van der Waals surface area contributed by atoms with Gasteiger partial charge >= 0.3 is 12.1 Å². The first-order valence-corrected chi connectivity index (χ1v) is 6.82. The number of aromatic nitrogens is 2. The molecule has 1 aliphatic heterocycles. The molecular weight excluding hydrogens is 274 g/mol. The van der Waals surface area contributed by atoms with Crippen molar-refractivity contribution >= 4 is 17.9 Å². The molecule has 0 fully saturated rings.